The fourth-order valence-electron chi connectivity index (χ4n) is 1.64. The van der Waals surface area contributed by atoms with Gasteiger partial charge in [0.05, 0.1) is 13.2 Å². The van der Waals surface area contributed by atoms with Gasteiger partial charge in [0.25, 0.3) is 0 Å². The van der Waals surface area contributed by atoms with Crippen molar-refractivity contribution in [3.63, 3.8) is 0 Å². The molecule has 1 aromatic rings. The molecule has 98 valence electrons. The Kier molecular flexibility index (Phi) is 6.07. The van der Waals surface area contributed by atoms with Crippen molar-refractivity contribution in [2.45, 2.75) is 32.9 Å². The summed E-state index contributed by atoms with van der Waals surface area (Å²) in [6, 6.07) is 0. The highest BCUT2D eigenvalue weighted by Gasteiger charge is 2.14. The van der Waals surface area contributed by atoms with E-state index in [1.807, 2.05) is 4.90 Å². The molecule has 1 N–H and O–H groups in total. The second kappa shape index (κ2) is 7.34. The van der Waals surface area contributed by atoms with E-state index in [9.17, 15) is 8.78 Å². The lowest BCUT2D eigenvalue weighted by Gasteiger charge is -2.21. The minimum atomic E-state index is -2.56. The first-order valence-electron chi connectivity index (χ1n) is 5.82. The number of unbranched alkanes of at least 4 members (excludes halogenated alkanes) is 1. The molecule has 0 atom stereocenters. The van der Waals surface area contributed by atoms with Gasteiger partial charge in [-0.2, -0.15) is 8.78 Å². The molecule has 1 heterocycles. The van der Waals surface area contributed by atoms with E-state index in [0.29, 0.717) is 18.9 Å². The molecule has 0 aromatic carbocycles. The van der Waals surface area contributed by atoms with E-state index < -0.39 is 6.55 Å². The fourth-order valence-corrected chi connectivity index (χ4v) is 1.64. The largest absolute Gasteiger partial charge is 0.395 e. The Labute approximate surface area is 99.9 Å². The van der Waals surface area contributed by atoms with E-state index in [0.717, 1.165) is 24.0 Å². The number of aromatic nitrogens is 2. The molecule has 0 radical (unpaired) electrons. The average molecular weight is 247 g/mol. The van der Waals surface area contributed by atoms with Crippen LogP contribution in [-0.4, -0.2) is 39.3 Å². The first-order valence-corrected chi connectivity index (χ1v) is 5.82. The standard InChI is InChI=1S/C11H19F2N3O/c1-2-3-5-15(7-8-17)9-10-14-4-6-16(10)11(12)13/h4,6,11,17H,2-3,5,7-9H2,1H3. The molecule has 17 heavy (non-hydrogen) atoms. The lowest BCUT2D eigenvalue weighted by molar-refractivity contribution is 0.0632. The van der Waals surface area contributed by atoms with Crippen molar-refractivity contribution < 1.29 is 13.9 Å². The van der Waals surface area contributed by atoms with Crippen molar-refractivity contribution in [3.8, 4) is 0 Å². The molecule has 4 nitrogen and oxygen atoms in total. The monoisotopic (exact) mass is 247 g/mol. The Morgan fingerprint density at radius 2 is 2.24 bits per heavy atom. The molecule has 0 unspecified atom stereocenters. The van der Waals surface area contributed by atoms with Crippen LogP contribution in [0.1, 0.15) is 32.1 Å². The van der Waals surface area contributed by atoms with Gasteiger partial charge < -0.3 is 5.11 Å². The predicted octanol–water partition coefficient (Wildman–Crippen LogP) is 1.87. The minimum absolute atomic E-state index is 0.0269. The van der Waals surface area contributed by atoms with Crippen LogP contribution in [0.15, 0.2) is 12.4 Å². The maximum Gasteiger partial charge on any atom is 0.319 e. The van der Waals surface area contributed by atoms with Gasteiger partial charge in [0.1, 0.15) is 5.82 Å². The molecular weight excluding hydrogens is 228 g/mol. The number of rotatable bonds is 8. The molecule has 0 aliphatic rings. The molecule has 0 saturated heterocycles. The summed E-state index contributed by atoms with van der Waals surface area (Å²) < 4.78 is 26.1. The topological polar surface area (TPSA) is 41.3 Å². The summed E-state index contributed by atoms with van der Waals surface area (Å²) in [4.78, 5) is 5.86. The normalized spacial score (nSPS) is 11.6. The Morgan fingerprint density at radius 1 is 1.47 bits per heavy atom. The number of imidazole rings is 1. The van der Waals surface area contributed by atoms with Crippen LogP contribution in [0.25, 0.3) is 0 Å². The van der Waals surface area contributed by atoms with Gasteiger partial charge in [-0.1, -0.05) is 13.3 Å². The fraction of sp³-hybridized carbons (Fsp3) is 0.727. The summed E-state index contributed by atoms with van der Waals surface area (Å²) in [5.41, 5.74) is 0. The first-order chi connectivity index (χ1) is 8.19. The summed E-state index contributed by atoms with van der Waals surface area (Å²) in [5, 5.41) is 8.93. The summed E-state index contributed by atoms with van der Waals surface area (Å²) in [7, 11) is 0. The van der Waals surface area contributed by atoms with E-state index in [1.54, 1.807) is 0 Å². The molecule has 0 spiro atoms. The zero-order valence-corrected chi connectivity index (χ0v) is 10.0. The molecular formula is C11H19F2N3O. The average Bonchev–Trinajstić information content (AvgIpc) is 2.74. The number of alkyl halides is 2. The number of aliphatic hydroxyl groups excluding tert-OH is 1. The van der Waals surface area contributed by atoms with Crippen LogP contribution in [-0.2, 0) is 6.54 Å². The molecule has 0 saturated carbocycles. The highest BCUT2D eigenvalue weighted by Crippen LogP contribution is 2.14. The zero-order chi connectivity index (χ0) is 12.7. The summed E-state index contributed by atoms with van der Waals surface area (Å²) in [6.07, 6.45) is 4.66. The number of hydrogen-bond donors (Lipinski definition) is 1. The number of aliphatic hydroxyl groups is 1. The molecule has 0 aliphatic heterocycles. The van der Waals surface area contributed by atoms with Crippen LogP contribution in [0.5, 0.6) is 0 Å². The second-order valence-electron chi connectivity index (χ2n) is 3.88. The minimum Gasteiger partial charge on any atom is -0.395 e. The number of halogens is 2. The number of nitrogens with zero attached hydrogens (tertiary/aromatic N) is 3. The van der Waals surface area contributed by atoms with Crippen molar-refractivity contribution in [1.82, 2.24) is 14.5 Å². The highest BCUT2D eigenvalue weighted by atomic mass is 19.3. The Morgan fingerprint density at radius 3 is 2.82 bits per heavy atom. The van der Waals surface area contributed by atoms with Crippen molar-refractivity contribution in [1.29, 1.82) is 0 Å². The van der Waals surface area contributed by atoms with Crippen LogP contribution in [0.4, 0.5) is 8.78 Å². The Bertz CT molecular complexity index is 317. The SMILES string of the molecule is CCCCN(CCO)Cc1nccn1C(F)F. The van der Waals surface area contributed by atoms with Crippen LogP contribution in [0.2, 0.25) is 0 Å². The van der Waals surface area contributed by atoms with Gasteiger partial charge in [-0.3, -0.25) is 9.47 Å². The van der Waals surface area contributed by atoms with Gasteiger partial charge in [0.2, 0.25) is 0 Å². The van der Waals surface area contributed by atoms with Crippen molar-refractivity contribution in [2.24, 2.45) is 0 Å². The smallest absolute Gasteiger partial charge is 0.319 e. The van der Waals surface area contributed by atoms with E-state index in [1.165, 1.54) is 12.4 Å². The van der Waals surface area contributed by atoms with Gasteiger partial charge in [-0.25, -0.2) is 4.98 Å². The van der Waals surface area contributed by atoms with Gasteiger partial charge >= 0.3 is 6.55 Å². The summed E-state index contributed by atoms with van der Waals surface area (Å²) in [6.45, 7) is 1.15. The third-order valence-corrected chi connectivity index (χ3v) is 2.57. The quantitative estimate of drug-likeness (QED) is 0.762. The molecule has 0 fully saturated rings. The van der Waals surface area contributed by atoms with E-state index >= 15 is 0 Å². The van der Waals surface area contributed by atoms with Crippen LogP contribution in [0, 0.1) is 0 Å². The third-order valence-electron chi connectivity index (χ3n) is 2.57. The molecule has 0 bridgehead atoms. The highest BCUT2D eigenvalue weighted by molar-refractivity contribution is 4.92. The first kappa shape index (κ1) is 14.1. The summed E-state index contributed by atoms with van der Waals surface area (Å²) >= 11 is 0. The van der Waals surface area contributed by atoms with Crippen LogP contribution in [0.3, 0.4) is 0 Å². The maximum atomic E-state index is 12.6. The van der Waals surface area contributed by atoms with Gasteiger partial charge in [0, 0.05) is 18.9 Å². The van der Waals surface area contributed by atoms with Crippen LogP contribution < -0.4 is 0 Å². The van der Waals surface area contributed by atoms with E-state index in [2.05, 4.69) is 11.9 Å². The molecule has 6 heteroatoms. The van der Waals surface area contributed by atoms with Gasteiger partial charge in [-0.15, -0.1) is 0 Å². The molecule has 0 amide bonds. The van der Waals surface area contributed by atoms with Gasteiger partial charge in [-0.05, 0) is 13.0 Å². The molecule has 1 rings (SSSR count). The van der Waals surface area contributed by atoms with E-state index in [-0.39, 0.29) is 6.61 Å². The number of hydrogen-bond acceptors (Lipinski definition) is 3. The van der Waals surface area contributed by atoms with Crippen molar-refractivity contribution >= 4 is 0 Å². The summed E-state index contributed by atoms with van der Waals surface area (Å²) in [5.74, 6) is 0.338. The van der Waals surface area contributed by atoms with E-state index in [4.69, 9.17) is 5.11 Å². The third kappa shape index (κ3) is 4.40. The molecule has 1 aromatic heterocycles. The van der Waals surface area contributed by atoms with Crippen LogP contribution >= 0.6 is 0 Å². The lowest BCUT2D eigenvalue weighted by atomic mass is 10.3. The Hall–Kier alpha value is -1.01. The zero-order valence-electron chi connectivity index (χ0n) is 10.0. The predicted molar refractivity (Wildman–Crippen MR) is 60.8 cm³/mol. The maximum absolute atomic E-state index is 12.6. The molecule has 0 aliphatic carbocycles. The Balaban J connectivity index is 2.61. The van der Waals surface area contributed by atoms with Crippen molar-refractivity contribution in [3.05, 3.63) is 18.2 Å². The van der Waals surface area contributed by atoms with Crippen molar-refractivity contribution in [2.75, 3.05) is 19.7 Å². The second-order valence-corrected chi connectivity index (χ2v) is 3.88. The van der Waals surface area contributed by atoms with Gasteiger partial charge in [0.15, 0.2) is 0 Å². The lowest BCUT2D eigenvalue weighted by Crippen LogP contribution is -2.29.